The number of aryl methyl sites for hydroxylation is 1. The molecule has 29 heavy (non-hydrogen) atoms. The topological polar surface area (TPSA) is 104 Å². The maximum absolute atomic E-state index is 12.1. The molecule has 0 saturated carbocycles. The third kappa shape index (κ3) is 4.71. The Balaban J connectivity index is 1.93. The van der Waals surface area contributed by atoms with Crippen molar-refractivity contribution in [2.45, 2.75) is 39.8 Å². The normalized spacial score (nSPS) is 11.3. The van der Waals surface area contributed by atoms with Crippen LogP contribution < -0.4 is 5.32 Å². The average Bonchev–Trinajstić information content (AvgIpc) is 3.05. The Hall–Kier alpha value is -3.42. The molecule has 0 aliphatic carbocycles. The molecule has 152 valence electrons. The summed E-state index contributed by atoms with van der Waals surface area (Å²) in [5.74, 6) is -0.449. The third-order valence-corrected chi connectivity index (χ3v) is 4.11. The Morgan fingerprint density at radius 1 is 1.21 bits per heavy atom. The number of hydrogen-bond acceptors (Lipinski definition) is 7. The zero-order valence-corrected chi connectivity index (χ0v) is 17.0. The van der Waals surface area contributed by atoms with Crippen LogP contribution in [0.2, 0.25) is 0 Å². The second-order valence-corrected chi connectivity index (χ2v) is 7.55. The van der Waals surface area contributed by atoms with Crippen LogP contribution in [0.5, 0.6) is 0 Å². The highest BCUT2D eigenvalue weighted by atomic mass is 16.6. The van der Waals surface area contributed by atoms with E-state index in [9.17, 15) is 9.59 Å². The lowest BCUT2D eigenvalue weighted by Crippen LogP contribution is -2.32. The van der Waals surface area contributed by atoms with E-state index in [1.165, 1.54) is 7.11 Å². The molecule has 3 aromatic rings. The average molecular weight is 397 g/mol. The van der Waals surface area contributed by atoms with Gasteiger partial charge in [0.2, 0.25) is 0 Å². The molecule has 2 aromatic heterocycles. The highest BCUT2D eigenvalue weighted by Crippen LogP contribution is 2.32. The van der Waals surface area contributed by atoms with Crippen LogP contribution in [-0.2, 0) is 16.0 Å². The van der Waals surface area contributed by atoms with E-state index in [0.717, 1.165) is 10.9 Å². The summed E-state index contributed by atoms with van der Waals surface area (Å²) in [6.45, 7) is 7.39. The third-order valence-electron chi connectivity index (χ3n) is 4.11. The number of nitrogens with one attached hydrogen (secondary N) is 1. The number of esters is 1. The second kappa shape index (κ2) is 7.90. The van der Waals surface area contributed by atoms with Gasteiger partial charge >= 0.3 is 12.1 Å². The molecule has 8 heteroatoms. The van der Waals surface area contributed by atoms with Gasteiger partial charge in [0.15, 0.2) is 5.58 Å². The SMILES string of the molecule is COC(=O)c1cc(-c2ccnc(CNC(=O)OC(C)(C)C)c2)c2onc(C)c2c1. The van der Waals surface area contributed by atoms with Gasteiger partial charge in [0.1, 0.15) is 5.60 Å². The summed E-state index contributed by atoms with van der Waals surface area (Å²) in [6, 6.07) is 7.00. The van der Waals surface area contributed by atoms with E-state index >= 15 is 0 Å². The van der Waals surface area contributed by atoms with E-state index in [2.05, 4.69) is 15.5 Å². The molecule has 0 saturated heterocycles. The maximum atomic E-state index is 12.1. The largest absolute Gasteiger partial charge is 0.465 e. The lowest BCUT2D eigenvalue weighted by molar-refractivity contribution is 0.0521. The highest BCUT2D eigenvalue weighted by molar-refractivity contribution is 6.01. The van der Waals surface area contributed by atoms with Crippen LogP contribution in [0.3, 0.4) is 0 Å². The summed E-state index contributed by atoms with van der Waals surface area (Å²) in [5.41, 5.74) is 3.13. The number of rotatable bonds is 4. The molecule has 0 atom stereocenters. The number of pyridine rings is 1. The number of fused-ring (bicyclic) bond motifs is 1. The molecule has 0 unspecified atom stereocenters. The van der Waals surface area contributed by atoms with E-state index in [0.29, 0.717) is 28.1 Å². The van der Waals surface area contributed by atoms with Crippen LogP contribution in [0, 0.1) is 6.92 Å². The predicted molar refractivity (Wildman–Crippen MR) is 106 cm³/mol. The van der Waals surface area contributed by atoms with E-state index in [-0.39, 0.29) is 6.54 Å². The Kier molecular flexibility index (Phi) is 5.54. The minimum Gasteiger partial charge on any atom is -0.465 e. The molecule has 8 nitrogen and oxygen atoms in total. The zero-order valence-electron chi connectivity index (χ0n) is 17.0. The first-order chi connectivity index (χ1) is 13.7. The quantitative estimate of drug-likeness (QED) is 0.663. The van der Waals surface area contributed by atoms with E-state index in [1.54, 1.807) is 52.1 Å². The van der Waals surface area contributed by atoms with Crippen molar-refractivity contribution in [2.24, 2.45) is 0 Å². The number of carbonyl (C=O) groups is 2. The van der Waals surface area contributed by atoms with Gasteiger partial charge in [0.25, 0.3) is 0 Å². The molecular weight excluding hydrogens is 374 g/mol. The molecule has 3 rings (SSSR count). The molecule has 0 aliphatic rings. The molecule has 1 N–H and O–H groups in total. The lowest BCUT2D eigenvalue weighted by atomic mass is 9.99. The number of amides is 1. The molecular formula is C21H23N3O5. The van der Waals surface area contributed by atoms with Gasteiger partial charge in [-0.15, -0.1) is 0 Å². The summed E-state index contributed by atoms with van der Waals surface area (Å²) >= 11 is 0. The Labute approximate surface area is 168 Å². The molecule has 0 fully saturated rings. The van der Waals surface area contributed by atoms with Crippen LogP contribution in [0.25, 0.3) is 22.1 Å². The van der Waals surface area contributed by atoms with Crippen molar-refractivity contribution < 1.29 is 23.6 Å². The maximum Gasteiger partial charge on any atom is 0.407 e. The smallest absolute Gasteiger partial charge is 0.407 e. The molecule has 0 radical (unpaired) electrons. The Morgan fingerprint density at radius 3 is 2.66 bits per heavy atom. The van der Waals surface area contributed by atoms with E-state index < -0.39 is 17.7 Å². The molecule has 2 heterocycles. The van der Waals surface area contributed by atoms with E-state index in [4.69, 9.17) is 14.0 Å². The van der Waals surface area contributed by atoms with Crippen LogP contribution >= 0.6 is 0 Å². The zero-order chi connectivity index (χ0) is 21.2. The van der Waals surface area contributed by atoms with Crippen LogP contribution in [-0.4, -0.2) is 34.9 Å². The number of hydrogen-bond donors (Lipinski definition) is 1. The van der Waals surface area contributed by atoms with Crippen LogP contribution in [0.4, 0.5) is 4.79 Å². The number of methoxy groups -OCH3 is 1. The Bertz CT molecular complexity index is 1070. The standard InChI is InChI=1S/C21H23N3O5/c1-12-16-9-14(19(25)27-5)10-17(18(16)29-24-12)13-6-7-22-15(8-13)11-23-20(26)28-21(2,3)4/h6-10H,11H2,1-5H3,(H,23,26). The Morgan fingerprint density at radius 2 is 1.97 bits per heavy atom. The second-order valence-electron chi connectivity index (χ2n) is 7.55. The van der Waals surface area contributed by atoms with Crippen molar-refractivity contribution in [2.75, 3.05) is 7.11 Å². The van der Waals surface area contributed by atoms with Gasteiger partial charge < -0.3 is 19.3 Å². The van der Waals surface area contributed by atoms with Crippen LogP contribution in [0.15, 0.2) is 35.0 Å². The number of aromatic nitrogens is 2. The number of nitrogens with zero attached hydrogens (tertiary/aromatic N) is 2. The van der Waals surface area contributed by atoms with Gasteiger partial charge in [-0.3, -0.25) is 4.98 Å². The monoisotopic (exact) mass is 397 g/mol. The molecule has 0 bridgehead atoms. The van der Waals surface area contributed by atoms with Crippen molar-refractivity contribution in [3.05, 3.63) is 47.4 Å². The summed E-state index contributed by atoms with van der Waals surface area (Å²) in [4.78, 5) is 28.3. The molecule has 0 spiro atoms. The summed E-state index contributed by atoms with van der Waals surface area (Å²) < 4.78 is 15.6. The number of alkyl carbamates (subject to hydrolysis) is 1. The summed E-state index contributed by atoms with van der Waals surface area (Å²) in [7, 11) is 1.33. The summed E-state index contributed by atoms with van der Waals surface area (Å²) in [6.07, 6.45) is 1.10. The lowest BCUT2D eigenvalue weighted by Gasteiger charge is -2.19. The van der Waals surface area contributed by atoms with Gasteiger partial charge in [-0.25, -0.2) is 9.59 Å². The highest BCUT2D eigenvalue weighted by Gasteiger charge is 2.18. The number of benzene rings is 1. The fourth-order valence-corrected chi connectivity index (χ4v) is 2.83. The predicted octanol–water partition coefficient (Wildman–Crippen LogP) is 4.01. The fourth-order valence-electron chi connectivity index (χ4n) is 2.83. The molecule has 1 amide bonds. The van der Waals surface area contributed by atoms with Crippen molar-refractivity contribution in [3.63, 3.8) is 0 Å². The van der Waals surface area contributed by atoms with E-state index in [1.807, 2.05) is 6.07 Å². The first kappa shape index (κ1) is 20.3. The van der Waals surface area contributed by atoms with Crippen molar-refractivity contribution in [3.8, 4) is 11.1 Å². The van der Waals surface area contributed by atoms with Gasteiger partial charge in [-0.05, 0) is 57.5 Å². The van der Waals surface area contributed by atoms with Crippen molar-refractivity contribution >= 4 is 23.0 Å². The molecule has 0 aliphatic heterocycles. The van der Waals surface area contributed by atoms with Gasteiger partial charge in [-0.2, -0.15) is 0 Å². The van der Waals surface area contributed by atoms with Crippen molar-refractivity contribution in [1.29, 1.82) is 0 Å². The van der Waals surface area contributed by atoms with Gasteiger partial charge in [0, 0.05) is 17.1 Å². The van der Waals surface area contributed by atoms with Crippen molar-refractivity contribution in [1.82, 2.24) is 15.5 Å². The fraction of sp³-hybridized carbons (Fsp3) is 0.333. The number of ether oxygens (including phenoxy) is 2. The van der Waals surface area contributed by atoms with Gasteiger partial charge in [-0.1, -0.05) is 5.16 Å². The number of carbonyl (C=O) groups excluding carboxylic acids is 2. The minimum atomic E-state index is -0.580. The molecule has 1 aromatic carbocycles. The van der Waals surface area contributed by atoms with Gasteiger partial charge in [0.05, 0.1) is 30.6 Å². The van der Waals surface area contributed by atoms with Crippen LogP contribution in [0.1, 0.15) is 42.5 Å². The first-order valence-corrected chi connectivity index (χ1v) is 9.08. The summed E-state index contributed by atoms with van der Waals surface area (Å²) in [5, 5.41) is 7.42. The first-order valence-electron chi connectivity index (χ1n) is 9.08. The minimum absolute atomic E-state index is 0.192.